The molecule has 0 saturated carbocycles. The minimum atomic E-state index is -3.62. The van der Waals surface area contributed by atoms with E-state index >= 15 is 0 Å². The fourth-order valence-corrected chi connectivity index (χ4v) is 4.71. The van der Waals surface area contributed by atoms with Crippen molar-refractivity contribution in [2.75, 3.05) is 13.1 Å². The zero-order valence-electron chi connectivity index (χ0n) is 14.3. The molecule has 1 aromatic carbocycles. The Bertz CT molecular complexity index is 1040. The molecule has 1 saturated heterocycles. The van der Waals surface area contributed by atoms with Crippen LogP contribution in [-0.2, 0) is 15.8 Å². The first-order valence-corrected chi connectivity index (χ1v) is 10.1. The lowest BCUT2D eigenvalue weighted by Gasteiger charge is -2.16. The summed E-state index contributed by atoms with van der Waals surface area (Å²) in [5, 5.41) is 4.00. The van der Waals surface area contributed by atoms with Crippen LogP contribution in [0.2, 0.25) is 0 Å². The molecule has 4 rings (SSSR count). The fraction of sp³-hybridized carbons (Fsp3) is 0.278. The van der Waals surface area contributed by atoms with Gasteiger partial charge in [-0.15, -0.1) is 0 Å². The highest BCUT2D eigenvalue weighted by Gasteiger charge is 2.35. The Morgan fingerprint density at radius 1 is 1.19 bits per heavy atom. The Hall–Kier alpha value is -2.65. The molecule has 9 heteroatoms. The minimum Gasteiger partial charge on any atom is -0.334 e. The largest absolute Gasteiger partial charge is 0.334 e. The summed E-state index contributed by atoms with van der Waals surface area (Å²) in [4.78, 5) is 8.33. The third kappa shape index (κ3) is 3.74. The molecule has 0 aliphatic carbocycles. The van der Waals surface area contributed by atoms with E-state index in [9.17, 15) is 12.8 Å². The van der Waals surface area contributed by atoms with Crippen LogP contribution in [0.4, 0.5) is 4.39 Å². The van der Waals surface area contributed by atoms with E-state index in [1.807, 2.05) is 0 Å². The Kier molecular flexibility index (Phi) is 4.71. The molecule has 0 N–H and O–H groups in total. The number of nitrogens with zero attached hydrogens (tertiary/aromatic N) is 4. The maximum Gasteiger partial charge on any atom is 0.258 e. The van der Waals surface area contributed by atoms with Gasteiger partial charge >= 0.3 is 0 Å². The van der Waals surface area contributed by atoms with Crippen molar-refractivity contribution in [1.29, 1.82) is 0 Å². The maximum absolute atomic E-state index is 13.8. The summed E-state index contributed by atoms with van der Waals surface area (Å²) in [5.41, 5.74) is 0.922. The smallest absolute Gasteiger partial charge is 0.258 e. The Balaban J connectivity index is 1.47. The Morgan fingerprint density at radius 2 is 1.96 bits per heavy atom. The van der Waals surface area contributed by atoms with Gasteiger partial charge in [-0.1, -0.05) is 23.4 Å². The van der Waals surface area contributed by atoms with Crippen molar-refractivity contribution in [2.45, 2.75) is 18.1 Å². The first-order chi connectivity index (χ1) is 13.0. The number of hydrogen-bond acceptors (Lipinski definition) is 6. The number of sulfonamides is 1. The van der Waals surface area contributed by atoms with Crippen molar-refractivity contribution < 1.29 is 17.3 Å². The summed E-state index contributed by atoms with van der Waals surface area (Å²) in [6.07, 6.45) is 3.85. The quantitative estimate of drug-likeness (QED) is 0.667. The van der Waals surface area contributed by atoms with Gasteiger partial charge in [0.15, 0.2) is 5.82 Å². The van der Waals surface area contributed by atoms with Gasteiger partial charge in [0.2, 0.25) is 10.0 Å². The van der Waals surface area contributed by atoms with Crippen LogP contribution >= 0.6 is 0 Å². The standard InChI is InChI=1S/C18H17FN4O3S/c19-16-4-2-1-3-15(16)12-27(24,25)23-10-7-14(11-23)17-21-18(26-22-17)13-5-8-20-9-6-13/h1-6,8-9,14H,7,10-12H2. The van der Waals surface area contributed by atoms with Crippen molar-refractivity contribution in [3.8, 4) is 11.5 Å². The van der Waals surface area contributed by atoms with E-state index in [2.05, 4.69) is 15.1 Å². The number of rotatable bonds is 5. The SMILES string of the molecule is O=S(=O)(Cc1ccccc1F)N1CCC(c2noc(-c3ccncc3)n2)C1. The number of benzene rings is 1. The summed E-state index contributed by atoms with van der Waals surface area (Å²) in [7, 11) is -3.62. The predicted molar refractivity (Wildman–Crippen MR) is 95.5 cm³/mol. The average Bonchev–Trinajstić information content (AvgIpc) is 3.34. The zero-order chi connectivity index (χ0) is 18.9. The van der Waals surface area contributed by atoms with E-state index < -0.39 is 15.8 Å². The molecule has 3 aromatic rings. The van der Waals surface area contributed by atoms with Gasteiger partial charge in [-0.25, -0.2) is 17.1 Å². The topological polar surface area (TPSA) is 89.2 Å². The summed E-state index contributed by atoms with van der Waals surface area (Å²) < 4.78 is 45.7. The number of pyridine rings is 1. The maximum atomic E-state index is 13.8. The fourth-order valence-electron chi connectivity index (χ4n) is 3.11. The number of aromatic nitrogens is 3. The first-order valence-electron chi connectivity index (χ1n) is 8.48. The monoisotopic (exact) mass is 388 g/mol. The normalized spacial score (nSPS) is 18.0. The van der Waals surface area contributed by atoms with Crippen molar-refractivity contribution in [1.82, 2.24) is 19.4 Å². The van der Waals surface area contributed by atoms with E-state index in [1.54, 1.807) is 30.6 Å². The molecular formula is C18H17FN4O3S. The molecule has 1 unspecified atom stereocenters. The van der Waals surface area contributed by atoms with E-state index in [-0.39, 0.29) is 23.8 Å². The van der Waals surface area contributed by atoms with Crippen molar-refractivity contribution in [3.05, 3.63) is 66.0 Å². The van der Waals surface area contributed by atoms with Gasteiger partial charge in [0.05, 0.1) is 5.75 Å². The zero-order valence-corrected chi connectivity index (χ0v) is 15.1. The molecule has 0 bridgehead atoms. The van der Waals surface area contributed by atoms with Crippen molar-refractivity contribution in [3.63, 3.8) is 0 Å². The lowest BCUT2D eigenvalue weighted by Crippen LogP contribution is -2.30. The van der Waals surface area contributed by atoms with Crippen LogP contribution in [0.3, 0.4) is 0 Å². The second-order valence-electron chi connectivity index (χ2n) is 6.38. The predicted octanol–water partition coefficient (Wildman–Crippen LogP) is 2.59. The van der Waals surface area contributed by atoms with Gasteiger partial charge in [0.25, 0.3) is 5.89 Å². The number of hydrogen-bond donors (Lipinski definition) is 0. The molecule has 1 atom stereocenters. The molecule has 0 amide bonds. The lowest BCUT2D eigenvalue weighted by atomic mass is 10.1. The molecule has 1 fully saturated rings. The minimum absolute atomic E-state index is 0.153. The summed E-state index contributed by atoms with van der Waals surface area (Å²) in [6, 6.07) is 9.43. The molecule has 7 nitrogen and oxygen atoms in total. The van der Waals surface area contributed by atoms with Crippen LogP contribution < -0.4 is 0 Å². The van der Waals surface area contributed by atoms with Gasteiger partial charge in [0, 0.05) is 42.5 Å². The molecular weight excluding hydrogens is 371 g/mol. The Morgan fingerprint density at radius 3 is 2.74 bits per heavy atom. The van der Waals surface area contributed by atoms with Gasteiger partial charge in [-0.3, -0.25) is 4.98 Å². The molecule has 3 heterocycles. The van der Waals surface area contributed by atoms with Crippen LogP contribution in [0, 0.1) is 5.82 Å². The summed E-state index contributed by atoms with van der Waals surface area (Å²) in [6.45, 7) is 0.604. The first kappa shape index (κ1) is 17.7. The molecule has 1 aliphatic heterocycles. The summed E-state index contributed by atoms with van der Waals surface area (Å²) >= 11 is 0. The number of halogens is 1. The van der Waals surface area contributed by atoms with E-state index in [4.69, 9.17) is 4.52 Å². The highest BCUT2D eigenvalue weighted by atomic mass is 32.2. The van der Waals surface area contributed by atoms with Crippen molar-refractivity contribution in [2.24, 2.45) is 0 Å². The van der Waals surface area contributed by atoms with E-state index in [0.29, 0.717) is 24.7 Å². The van der Waals surface area contributed by atoms with Crippen LogP contribution in [0.25, 0.3) is 11.5 Å². The third-order valence-electron chi connectivity index (χ3n) is 4.57. The second kappa shape index (κ2) is 7.16. The molecule has 27 heavy (non-hydrogen) atoms. The second-order valence-corrected chi connectivity index (χ2v) is 8.35. The third-order valence-corrected chi connectivity index (χ3v) is 6.37. The van der Waals surface area contributed by atoms with Crippen molar-refractivity contribution >= 4 is 10.0 Å². The molecule has 140 valence electrons. The lowest BCUT2D eigenvalue weighted by molar-refractivity contribution is 0.414. The Labute approximate surface area is 155 Å². The average molecular weight is 388 g/mol. The van der Waals surface area contributed by atoms with Crippen LogP contribution in [0.1, 0.15) is 23.7 Å². The van der Waals surface area contributed by atoms with Gasteiger partial charge in [-0.2, -0.15) is 4.98 Å². The van der Waals surface area contributed by atoms with Gasteiger partial charge in [0.1, 0.15) is 5.82 Å². The van der Waals surface area contributed by atoms with E-state index in [0.717, 1.165) is 5.56 Å². The highest BCUT2D eigenvalue weighted by molar-refractivity contribution is 7.88. The van der Waals surface area contributed by atoms with Gasteiger partial charge < -0.3 is 4.52 Å². The molecule has 2 aromatic heterocycles. The van der Waals surface area contributed by atoms with Crippen LogP contribution in [0.5, 0.6) is 0 Å². The van der Waals surface area contributed by atoms with Gasteiger partial charge in [-0.05, 0) is 24.6 Å². The molecule has 0 spiro atoms. The molecule has 1 aliphatic rings. The summed E-state index contributed by atoms with van der Waals surface area (Å²) in [5.74, 6) is -0.178. The highest BCUT2D eigenvalue weighted by Crippen LogP contribution is 2.29. The van der Waals surface area contributed by atoms with Crippen LogP contribution in [0.15, 0.2) is 53.3 Å². The molecule has 0 radical (unpaired) electrons. The van der Waals surface area contributed by atoms with E-state index in [1.165, 1.54) is 22.5 Å². The van der Waals surface area contributed by atoms with Crippen LogP contribution in [-0.4, -0.2) is 40.9 Å².